The zero-order chi connectivity index (χ0) is 19.7. The number of anilines is 1. The van der Waals surface area contributed by atoms with Gasteiger partial charge in [0.15, 0.2) is 5.82 Å². The number of benzene rings is 2. The van der Waals surface area contributed by atoms with Gasteiger partial charge in [0, 0.05) is 23.7 Å². The molecule has 1 amide bonds. The second-order valence-corrected chi connectivity index (χ2v) is 6.95. The van der Waals surface area contributed by atoms with Crippen LogP contribution in [0.1, 0.15) is 18.1 Å². The molecule has 6 nitrogen and oxygen atoms in total. The minimum atomic E-state index is -0.151. The van der Waals surface area contributed by atoms with E-state index in [1.165, 1.54) is 5.56 Å². The molecule has 2 heterocycles. The maximum atomic E-state index is 12.6. The highest BCUT2D eigenvalue weighted by atomic mass is 16.2. The molecule has 0 spiro atoms. The van der Waals surface area contributed by atoms with Crippen molar-refractivity contribution in [1.29, 1.82) is 0 Å². The minimum Gasteiger partial charge on any atom is -0.307 e. The third-order valence-electron chi connectivity index (χ3n) is 4.83. The van der Waals surface area contributed by atoms with Crippen molar-refractivity contribution in [2.75, 3.05) is 5.32 Å². The Bertz CT molecular complexity index is 1150. The van der Waals surface area contributed by atoms with E-state index < -0.39 is 0 Å². The summed E-state index contributed by atoms with van der Waals surface area (Å²) in [6.07, 6.45) is 1.83. The van der Waals surface area contributed by atoms with Crippen molar-refractivity contribution in [2.45, 2.75) is 33.9 Å². The van der Waals surface area contributed by atoms with Crippen LogP contribution in [-0.2, 0) is 17.9 Å². The fourth-order valence-electron chi connectivity index (χ4n) is 3.38. The maximum absolute atomic E-state index is 12.6. The molecule has 142 valence electrons. The molecule has 1 N–H and O–H groups in total. The topological polar surface area (TPSA) is 64.7 Å². The van der Waals surface area contributed by atoms with E-state index in [2.05, 4.69) is 47.6 Å². The molecule has 6 heteroatoms. The third-order valence-corrected chi connectivity index (χ3v) is 4.83. The Morgan fingerprint density at radius 2 is 1.89 bits per heavy atom. The lowest BCUT2D eigenvalue weighted by Crippen LogP contribution is -2.19. The van der Waals surface area contributed by atoms with Crippen LogP contribution in [0.4, 0.5) is 5.82 Å². The molecule has 0 aliphatic heterocycles. The number of aromatic nitrogens is 4. The second-order valence-electron chi connectivity index (χ2n) is 6.95. The van der Waals surface area contributed by atoms with Crippen LogP contribution in [0.2, 0.25) is 0 Å². The average Bonchev–Trinajstić information content (AvgIpc) is 3.28. The fraction of sp³-hybridized carbons (Fsp3) is 0.227. The highest BCUT2D eigenvalue weighted by Crippen LogP contribution is 2.24. The first kappa shape index (κ1) is 18.0. The Morgan fingerprint density at radius 1 is 1.07 bits per heavy atom. The lowest BCUT2D eigenvalue weighted by Gasteiger charge is -2.05. The van der Waals surface area contributed by atoms with Gasteiger partial charge in [-0.1, -0.05) is 29.8 Å². The van der Waals surface area contributed by atoms with Crippen LogP contribution < -0.4 is 5.32 Å². The molecule has 0 aliphatic rings. The number of para-hydroxylation sites is 1. The number of aryl methyl sites for hydroxylation is 3. The fourth-order valence-corrected chi connectivity index (χ4v) is 3.38. The number of carbonyl (C=O) groups is 1. The molecule has 2 aromatic carbocycles. The summed E-state index contributed by atoms with van der Waals surface area (Å²) in [6, 6.07) is 16.1. The number of fused-ring (bicyclic) bond motifs is 1. The summed E-state index contributed by atoms with van der Waals surface area (Å²) >= 11 is 0. The number of amides is 1. The smallest absolute Gasteiger partial charge is 0.247 e. The summed E-state index contributed by atoms with van der Waals surface area (Å²) in [7, 11) is 0. The van der Waals surface area contributed by atoms with E-state index in [4.69, 9.17) is 0 Å². The van der Waals surface area contributed by atoms with Crippen molar-refractivity contribution < 1.29 is 4.79 Å². The molecule has 28 heavy (non-hydrogen) atoms. The molecule has 0 aliphatic carbocycles. The van der Waals surface area contributed by atoms with Gasteiger partial charge >= 0.3 is 0 Å². The Hall–Kier alpha value is -3.41. The molecule has 0 bridgehead atoms. The molecule has 4 rings (SSSR count). The third kappa shape index (κ3) is 3.41. The van der Waals surface area contributed by atoms with Crippen LogP contribution in [0.3, 0.4) is 0 Å². The quantitative estimate of drug-likeness (QED) is 0.571. The van der Waals surface area contributed by atoms with E-state index in [1.54, 1.807) is 4.68 Å². The van der Waals surface area contributed by atoms with Crippen LogP contribution in [0.5, 0.6) is 0 Å². The van der Waals surface area contributed by atoms with Crippen LogP contribution in [0.25, 0.3) is 22.2 Å². The molecule has 0 unspecified atom stereocenters. The monoisotopic (exact) mass is 373 g/mol. The van der Waals surface area contributed by atoms with Gasteiger partial charge in [0.05, 0.1) is 11.2 Å². The summed E-state index contributed by atoms with van der Waals surface area (Å²) in [5.74, 6) is 0.437. The van der Waals surface area contributed by atoms with Crippen molar-refractivity contribution in [3.05, 3.63) is 65.9 Å². The molecule has 0 fully saturated rings. The van der Waals surface area contributed by atoms with Gasteiger partial charge in [-0.15, -0.1) is 0 Å². The number of rotatable bonds is 5. The molecular weight excluding hydrogens is 350 g/mol. The lowest BCUT2D eigenvalue weighted by atomic mass is 10.0. The van der Waals surface area contributed by atoms with Gasteiger partial charge in [0.2, 0.25) is 5.91 Å². The highest BCUT2D eigenvalue weighted by molar-refractivity contribution is 5.99. The normalized spacial score (nSPS) is 11.1. The Labute approximate surface area is 163 Å². The largest absolute Gasteiger partial charge is 0.307 e. The first-order chi connectivity index (χ1) is 13.5. The standard InChI is InChI=1S/C22H23N5O/c1-4-27-20-8-6-5-7-17(20)22(25-27)23-21(28)14-26-12-11-19(24-26)18-13-15(2)9-10-16(18)3/h5-13H,4,14H2,1-3H3,(H,23,25,28). The van der Waals surface area contributed by atoms with E-state index in [0.29, 0.717) is 5.82 Å². The number of hydrogen-bond donors (Lipinski definition) is 1. The van der Waals surface area contributed by atoms with Crippen LogP contribution >= 0.6 is 0 Å². The van der Waals surface area contributed by atoms with Gasteiger partial charge < -0.3 is 5.32 Å². The zero-order valence-electron chi connectivity index (χ0n) is 16.3. The van der Waals surface area contributed by atoms with Gasteiger partial charge in [-0.3, -0.25) is 14.2 Å². The van der Waals surface area contributed by atoms with E-state index in [9.17, 15) is 4.79 Å². The van der Waals surface area contributed by atoms with Crippen molar-refractivity contribution >= 4 is 22.6 Å². The Balaban J connectivity index is 1.52. The van der Waals surface area contributed by atoms with Gasteiger partial charge in [-0.2, -0.15) is 10.2 Å². The van der Waals surface area contributed by atoms with Crippen molar-refractivity contribution in [3.8, 4) is 11.3 Å². The number of nitrogens with zero attached hydrogens (tertiary/aromatic N) is 4. The number of carbonyl (C=O) groups excluding carboxylic acids is 1. The molecule has 2 aromatic heterocycles. The van der Waals surface area contributed by atoms with Gasteiger partial charge in [0.25, 0.3) is 0 Å². The first-order valence-electron chi connectivity index (χ1n) is 9.41. The first-order valence-corrected chi connectivity index (χ1v) is 9.41. The van der Waals surface area contributed by atoms with Gasteiger partial charge in [0.1, 0.15) is 6.54 Å². The Kier molecular flexibility index (Phi) is 4.69. The summed E-state index contributed by atoms with van der Waals surface area (Å²) in [5.41, 5.74) is 5.32. The minimum absolute atomic E-state index is 0.137. The molecule has 0 atom stereocenters. The number of nitrogens with one attached hydrogen (secondary N) is 1. The lowest BCUT2D eigenvalue weighted by molar-refractivity contribution is -0.116. The van der Waals surface area contributed by atoms with Gasteiger partial charge in [-0.05, 0) is 50.6 Å². The Morgan fingerprint density at radius 3 is 2.71 bits per heavy atom. The zero-order valence-corrected chi connectivity index (χ0v) is 16.3. The molecular formula is C22H23N5O. The SMILES string of the molecule is CCn1nc(NC(=O)Cn2ccc(-c3cc(C)ccc3C)n2)c2ccccc21. The van der Waals surface area contributed by atoms with Crippen molar-refractivity contribution in [2.24, 2.45) is 0 Å². The summed E-state index contributed by atoms with van der Waals surface area (Å²) in [6.45, 7) is 7.04. The van der Waals surface area contributed by atoms with Crippen molar-refractivity contribution in [1.82, 2.24) is 19.6 Å². The summed E-state index contributed by atoms with van der Waals surface area (Å²) in [4.78, 5) is 12.6. The molecule has 4 aromatic rings. The second kappa shape index (κ2) is 7.31. The van der Waals surface area contributed by atoms with Crippen LogP contribution in [-0.4, -0.2) is 25.5 Å². The predicted molar refractivity (Wildman–Crippen MR) is 111 cm³/mol. The number of hydrogen-bond acceptors (Lipinski definition) is 3. The van der Waals surface area contributed by atoms with Gasteiger partial charge in [-0.25, -0.2) is 0 Å². The van der Waals surface area contributed by atoms with E-state index in [1.807, 2.05) is 48.1 Å². The summed E-state index contributed by atoms with van der Waals surface area (Å²) < 4.78 is 3.54. The molecule has 0 saturated carbocycles. The van der Waals surface area contributed by atoms with Crippen LogP contribution in [0.15, 0.2) is 54.7 Å². The maximum Gasteiger partial charge on any atom is 0.247 e. The highest BCUT2D eigenvalue weighted by Gasteiger charge is 2.13. The van der Waals surface area contributed by atoms with E-state index in [0.717, 1.165) is 34.3 Å². The molecule has 0 radical (unpaired) electrons. The van der Waals surface area contributed by atoms with Crippen molar-refractivity contribution in [3.63, 3.8) is 0 Å². The summed E-state index contributed by atoms with van der Waals surface area (Å²) in [5, 5.41) is 13.0. The molecule has 0 saturated heterocycles. The van der Waals surface area contributed by atoms with Crippen LogP contribution in [0, 0.1) is 13.8 Å². The van der Waals surface area contributed by atoms with E-state index >= 15 is 0 Å². The van der Waals surface area contributed by atoms with E-state index in [-0.39, 0.29) is 12.5 Å². The predicted octanol–water partition coefficient (Wildman–Crippen LogP) is 4.18. The average molecular weight is 373 g/mol.